The van der Waals surface area contributed by atoms with E-state index in [2.05, 4.69) is 107 Å². The zero-order valence-corrected chi connectivity index (χ0v) is 26.1. The Balaban J connectivity index is 2.30. The maximum absolute atomic E-state index is 13.3. The predicted molar refractivity (Wildman–Crippen MR) is 165 cm³/mol. The Kier molecular flexibility index (Phi) is 13.1. The molecule has 2 N–H and O–H groups in total. The van der Waals surface area contributed by atoms with Gasteiger partial charge in [0, 0.05) is 43.2 Å². The van der Waals surface area contributed by atoms with Crippen LogP contribution in [0.15, 0.2) is 30.0 Å². The number of benzene rings is 1. The van der Waals surface area contributed by atoms with E-state index in [-0.39, 0.29) is 17.4 Å². The van der Waals surface area contributed by atoms with Crippen molar-refractivity contribution in [3.05, 3.63) is 46.7 Å². The van der Waals surface area contributed by atoms with Crippen LogP contribution in [-0.4, -0.2) is 65.2 Å². The molecule has 1 unspecified atom stereocenters. The fourth-order valence-electron chi connectivity index (χ4n) is 6.20. The Morgan fingerprint density at radius 3 is 2.23 bits per heavy atom. The van der Waals surface area contributed by atoms with E-state index in [1.165, 1.54) is 11.1 Å². The Morgan fingerprint density at radius 2 is 1.72 bits per heavy atom. The third kappa shape index (κ3) is 8.12. The lowest BCUT2D eigenvalue weighted by Gasteiger charge is -2.34. The normalized spacial score (nSPS) is 15.8. The molecule has 1 amide bonds. The first-order chi connectivity index (χ1) is 18.7. The van der Waals surface area contributed by atoms with Crippen molar-refractivity contribution in [3.8, 4) is 11.8 Å². The highest BCUT2D eigenvalue weighted by molar-refractivity contribution is 5.83. The molecule has 0 spiro atoms. The first kappa shape index (κ1) is 32.9. The molecule has 5 heteroatoms. The van der Waals surface area contributed by atoms with Gasteiger partial charge in [-0.1, -0.05) is 78.4 Å². The highest BCUT2D eigenvalue weighted by atomic mass is 16.3. The molecule has 1 aromatic carbocycles. The van der Waals surface area contributed by atoms with Crippen LogP contribution in [0.25, 0.3) is 0 Å². The molecule has 0 fully saturated rings. The second-order valence-electron chi connectivity index (χ2n) is 11.1. The first-order valence-electron chi connectivity index (χ1n) is 15.5. The molecule has 0 aliphatic carbocycles. The summed E-state index contributed by atoms with van der Waals surface area (Å²) in [4.78, 5) is 17.8. The molecule has 2 rings (SSSR count). The van der Waals surface area contributed by atoms with E-state index in [4.69, 9.17) is 0 Å². The summed E-state index contributed by atoms with van der Waals surface area (Å²) in [6, 6.07) is 6.47. The minimum atomic E-state index is -0.912. The minimum Gasteiger partial charge on any atom is -0.378 e. The lowest BCUT2D eigenvalue weighted by Crippen LogP contribution is -2.45. The summed E-state index contributed by atoms with van der Waals surface area (Å²) < 4.78 is 0. The summed E-state index contributed by atoms with van der Waals surface area (Å²) in [5.41, 5.74) is 3.72. The van der Waals surface area contributed by atoms with Crippen LogP contribution in [0.3, 0.4) is 0 Å². The second-order valence-corrected chi connectivity index (χ2v) is 11.1. The Morgan fingerprint density at radius 1 is 1.08 bits per heavy atom. The van der Waals surface area contributed by atoms with Crippen LogP contribution in [0.2, 0.25) is 0 Å². The number of hydrogen-bond acceptors (Lipinski definition) is 4. The predicted octanol–water partition coefficient (Wildman–Crippen LogP) is 6.17. The maximum atomic E-state index is 13.3. The number of likely N-dealkylation sites (N-methyl/N-ethyl adjacent to an activating group) is 2. The molecule has 218 valence electrons. The van der Waals surface area contributed by atoms with Gasteiger partial charge in [-0.15, -0.1) is 0 Å². The van der Waals surface area contributed by atoms with E-state index in [1.807, 2.05) is 0 Å². The zero-order chi connectivity index (χ0) is 29.1. The molecule has 39 heavy (non-hydrogen) atoms. The fourth-order valence-corrected chi connectivity index (χ4v) is 6.20. The summed E-state index contributed by atoms with van der Waals surface area (Å²) in [5, 5.41) is 14.2. The number of carbonyl (C=O) groups is 1. The SMILES string of the molecule is CCCC(O)(C#Cc1ccc(C(CC)(CC)C2=CN(CC)C(C(=O)NCCN(CC)CC)C2)cc1C)CCC. The molecule has 1 aliphatic rings. The number of nitrogens with zero attached hydrogens (tertiary/aromatic N) is 2. The summed E-state index contributed by atoms with van der Waals surface area (Å²) in [7, 11) is 0. The number of hydrogen-bond donors (Lipinski definition) is 2. The van der Waals surface area contributed by atoms with Crippen LogP contribution in [0, 0.1) is 18.8 Å². The third-order valence-corrected chi connectivity index (χ3v) is 8.78. The molecule has 0 saturated carbocycles. The summed E-state index contributed by atoms with van der Waals surface area (Å²) in [6.07, 6.45) is 8.20. The molecule has 1 atom stereocenters. The summed E-state index contributed by atoms with van der Waals surface area (Å²) >= 11 is 0. The third-order valence-electron chi connectivity index (χ3n) is 8.78. The lowest BCUT2D eigenvalue weighted by atomic mass is 9.69. The van der Waals surface area contributed by atoms with Crippen molar-refractivity contribution in [2.45, 2.75) is 117 Å². The number of rotatable bonds is 15. The van der Waals surface area contributed by atoms with Crippen LogP contribution in [-0.2, 0) is 10.2 Å². The second kappa shape index (κ2) is 15.5. The van der Waals surface area contributed by atoms with Crippen LogP contribution in [0.4, 0.5) is 0 Å². The van der Waals surface area contributed by atoms with Crippen molar-refractivity contribution < 1.29 is 9.90 Å². The number of aryl methyl sites for hydroxylation is 1. The number of amides is 1. The van der Waals surface area contributed by atoms with Crippen molar-refractivity contribution in [3.63, 3.8) is 0 Å². The molecule has 1 aliphatic heterocycles. The number of nitrogens with one attached hydrogen (secondary N) is 1. The Bertz CT molecular complexity index is 1010. The van der Waals surface area contributed by atoms with Gasteiger partial charge in [-0.25, -0.2) is 0 Å². The topological polar surface area (TPSA) is 55.8 Å². The van der Waals surface area contributed by atoms with Gasteiger partial charge >= 0.3 is 0 Å². The quantitative estimate of drug-likeness (QED) is 0.263. The van der Waals surface area contributed by atoms with Crippen LogP contribution >= 0.6 is 0 Å². The van der Waals surface area contributed by atoms with Gasteiger partial charge in [0.15, 0.2) is 0 Å². The molecule has 1 aromatic rings. The van der Waals surface area contributed by atoms with Gasteiger partial charge in [-0.2, -0.15) is 0 Å². The highest BCUT2D eigenvalue weighted by Gasteiger charge is 2.40. The van der Waals surface area contributed by atoms with Gasteiger partial charge in [-0.05, 0) is 75.4 Å². The average Bonchev–Trinajstić information content (AvgIpc) is 3.37. The van der Waals surface area contributed by atoms with Gasteiger partial charge in [-0.3, -0.25) is 4.79 Å². The molecule has 5 nitrogen and oxygen atoms in total. The van der Waals surface area contributed by atoms with E-state index < -0.39 is 5.60 Å². The van der Waals surface area contributed by atoms with Crippen LogP contribution in [0.5, 0.6) is 0 Å². The van der Waals surface area contributed by atoms with E-state index >= 15 is 0 Å². The molecule has 0 bridgehead atoms. The van der Waals surface area contributed by atoms with E-state index in [1.54, 1.807) is 0 Å². The maximum Gasteiger partial charge on any atom is 0.243 e. The van der Waals surface area contributed by atoms with Gasteiger partial charge in [0.05, 0.1) is 0 Å². The fraction of sp³-hybridized carbons (Fsp3) is 0.676. The summed E-state index contributed by atoms with van der Waals surface area (Å²) in [5.74, 6) is 6.63. The number of aliphatic hydroxyl groups is 1. The van der Waals surface area contributed by atoms with Gasteiger partial charge in [0.1, 0.15) is 11.6 Å². The Labute approximate surface area is 239 Å². The van der Waals surface area contributed by atoms with Crippen molar-refractivity contribution >= 4 is 5.91 Å². The van der Waals surface area contributed by atoms with Gasteiger partial charge in [0.2, 0.25) is 5.91 Å². The highest BCUT2D eigenvalue weighted by Crippen LogP contribution is 2.44. The number of carbonyl (C=O) groups excluding carboxylic acids is 1. The van der Waals surface area contributed by atoms with Crippen molar-refractivity contribution in [1.82, 2.24) is 15.1 Å². The van der Waals surface area contributed by atoms with E-state index in [9.17, 15) is 9.90 Å². The Hall–Kier alpha value is -2.29. The zero-order valence-electron chi connectivity index (χ0n) is 26.1. The van der Waals surface area contributed by atoms with Crippen molar-refractivity contribution in [2.75, 3.05) is 32.7 Å². The van der Waals surface area contributed by atoms with Gasteiger partial charge < -0.3 is 20.2 Å². The average molecular weight is 538 g/mol. The smallest absolute Gasteiger partial charge is 0.243 e. The molecule has 1 heterocycles. The van der Waals surface area contributed by atoms with E-state index in [0.717, 1.165) is 69.4 Å². The molecular formula is C34H55N3O2. The minimum absolute atomic E-state index is 0.119. The summed E-state index contributed by atoms with van der Waals surface area (Å²) in [6.45, 7) is 21.7. The molecule has 0 saturated heterocycles. The van der Waals surface area contributed by atoms with Gasteiger partial charge in [0.25, 0.3) is 0 Å². The van der Waals surface area contributed by atoms with Crippen molar-refractivity contribution in [1.29, 1.82) is 0 Å². The molecular weight excluding hydrogens is 482 g/mol. The standard InChI is InChI=1S/C34H55N3O2/c1-9-19-33(39,20-10-2)21-18-28-16-17-29(24-27(28)8)34(11-3,12-4)30-25-31(37(15-7)26-30)32(38)35-22-23-36(13-5)14-6/h16-17,24,26,31,39H,9-15,19-20,22-23,25H2,1-8H3,(H,35,38). The monoisotopic (exact) mass is 537 g/mol. The lowest BCUT2D eigenvalue weighted by molar-refractivity contribution is -0.125. The first-order valence-corrected chi connectivity index (χ1v) is 15.5. The molecule has 0 radical (unpaired) electrons. The van der Waals surface area contributed by atoms with E-state index in [0.29, 0.717) is 19.4 Å². The largest absolute Gasteiger partial charge is 0.378 e. The van der Waals surface area contributed by atoms with Crippen LogP contribution in [0.1, 0.15) is 110 Å². The van der Waals surface area contributed by atoms with Crippen molar-refractivity contribution in [2.24, 2.45) is 0 Å². The van der Waals surface area contributed by atoms with Crippen LogP contribution < -0.4 is 5.32 Å². The molecule has 0 aromatic heterocycles.